The Labute approximate surface area is 121 Å². The van der Waals surface area contributed by atoms with E-state index in [9.17, 15) is 4.79 Å². The van der Waals surface area contributed by atoms with Crippen LogP contribution >= 0.6 is 11.6 Å². The van der Waals surface area contributed by atoms with Crippen LogP contribution in [0.15, 0.2) is 36.5 Å². The normalized spacial score (nSPS) is 14.1. The van der Waals surface area contributed by atoms with Crippen molar-refractivity contribution in [3.63, 3.8) is 0 Å². The van der Waals surface area contributed by atoms with Crippen LogP contribution in [0.2, 0.25) is 5.02 Å². The van der Waals surface area contributed by atoms with Crippen LogP contribution in [0.3, 0.4) is 0 Å². The Kier molecular flexibility index (Phi) is 3.60. The molecule has 0 radical (unpaired) electrons. The fourth-order valence-corrected chi connectivity index (χ4v) is 1.84. The molecule has 0 spiro atoms. The lowest BCUT2D eigenvalue weighted by Crippen LogP contribution is -2.26. The molecular formula is C14H14ClN3O2. The number of benzene rings is 1. The molecule has 0 aliphatic heterocycles. The van der Waals surface area contributed by atoms with Crippen LogP contribution in [-0.4, -0.2) is 21.7 Å². The molecule has 1 fully saturated rings. The zero-order valence-electron chi connectivity index (χ0n) is 10.8. The molecule has 3 rings (SSSR count). The molecule has 1 amide bonds. The van der Waals surface area contributed by atoms with Crippen LogP contribution < -0.4 is 10.1 Å². The first-order chi connectivity index (χ1) is 9.70. The monoisotopic (exact) mass is 291 g/mol. The second-order valence-corrected chi connectivity index (χ2v) is 5.15. The number of hydrogen-bond acceptors (Lipinski definition) is 3. The molecular weight excluding hydrogens is 278 g/mol. The predicted molar refractivity (Wildman–Crippen MR) is 74.8 cm³/mol. The number of rotatable bonds is 5. The zero-order chi connectivity index (χ0) is 13.9. The van der Waals surface area contributed by atoms with E-state index in [2.05, 4.69) is 10.4 Å². The Balaban J connectivity index is 1.56. The summed E-state index contributed by atoms with van der Waals surface area (Å²) in [6.07, 6.45) is 3.84. The summed E-state index contributed by atoms with van der Waals surface area (Å²) in [6.45, 7) is 0.248. The van der Waals surface area contributed by atoms with Gasteiger partial charge in [0.05, 0.1) is 0 Å². The van der Waals surface area contributed by atoms with Crippen molar-refractivity contribution in [3.05, 3.63) is 47.2 Å². The van der Waals surface area contributed by atoms with Crippen LogP contribution in [0, 0.1) is 0 Å². The smallest absolute Gasteiger partial charge is 0.271 e. The van der Waals surface area contributed by atoms with Gasteiger partial charge in [0.15, 0.2) is 6.73 Å². The number of nitrogens with zero attached hydrogens (tertiary/aromatic N) is 2. The second kappa shape index (κ2) is 5.54. The molecule has 1 N–H and O–H groups in total. The molecule has 6 heteroatoms. The third kappa shape index (κ3) is 3.30. The summed E-state index contributed by atoms with van der Waals surface area (Å²) in [5.74, 6) is 0.576. The largest absolute Gasteiger partial charge is 0.471 e. The minimum Gasteiger partial charge on any atom is -0.471 e. The van der Waals surface area contributed by atoms with E-state index in [-0.39, 0.29) is 12.6 Å². The number of ether oxygens (including phenoxy) is 1. The number of halogens is 1. The Morgan fingerprint density at radius 1 is 1.35 bits per heavy atom. The highest BCUT2D eigenvalue weighted by molar-refractivity contribution is 6.30. The lowest BCUT2D eigenvalue weighted by molar-refractivity contribution is 0.0944. The summed E-state index contributed by atoms with van der Waals surface area (Å²) < 4.78 is 7.12. The number of aromatic nitrogens is 2. The molecule has 104 valence electrons. The quantitative estimate of drug-likeness (QED) is 0.921. The number of carbonyl (C=O) groups is 1. The second-order valence-electron chi connectivity index (χ2n) is 4.72. The van der Waals surface area contributed by atoms with E-state index in [4.69, 9.17) is 16.3 Å². The van der Waals surface area contributed by atoms with Crippen molar-refractivity contribution in [3.8, 4) is 5.75 Å². The van der Waals surface area contributed by atoms with Crippen LogP contribution in [-0.2, 0) is 6.73 Å². The van der Waals surface area contributed by atoms with E-state index in [0.717, 1.165) is 12.8 Å². The minimum absolute atomic E-state index is 0.127. The van der Waals surface area contributed by atoms with Crippen molar-refractivity contribution in [2.45, 2.75) is 25.6 Å². The number of nitrogens with one attached hydrogen (secondary N) is 1. The molecule has 1 aliphatic carbocycles. The van der Waals surface area contributed by atoms with Crippen LogP contribution in [0.25, 0.3) is 0 Å². The maximum absolute atomic E-state index is 11.8. The molecule has 0 unspecified atom stereocenters. The summed E-state index contributed by atoms with van der Waals surface area (Å²) in [5.41, 5.74) is 0.414. The first kappa shape index (κ1) is 13.0. The predicted octanol–water partition coefficient (Wildman–Crippen LogP) is 2.47. The van der Waals surface area contributed by atoms with Gasteiger partial charge in [0, 0.05) is 17.3 Å². The van der Waals surface area contributed by atoms with Gasteiger partial charge in [-0.1, -0.05) is 11.6 Å². The molecule has 1 heterocycles. The molecule has 0 saturated heterocycles. The highest BCUT2D eigenvalue weighted by Crippen LogP contribution is 2.19. The highest BCUT2D eigenvalue weighted by Gasteiger charge is 2.24. The van der Waals surface area contributed by atoms with Crippen molar-refractivity contribution >= 4 is 17.5 Å². The van der Waals surface area contributed by atoms with Crippen molar-refractivity contribution in [1.82, 2.24) is 15.1 Å². The summed E-state index contributed by atoms with van der Waals surface area (Å²) in [5, 5.41) is 7.73. The summed E-state index contributed by atoms with van der Waals surface area (Å²) >= 11 is 5.80. The molecule has 1 saturated carbocycles. The maximum Gasteiger partial charge on any atom is 0.271 e. The van der Waals surface area contributed by atoms with Gasteiger partial charge in [0.2, 0.25) is 0 Å². The van der Waals surface area contributed by atoms with Gasteiger partial charge < -0.3 is 10.1 Å². The Hall–Kier alpha value is -2.01. The van der Waals surface area contributed by atoms with Crippen LogP contribution in [0.1, 0.15) is 23.3 Å². The SMILES string of the molecule is O=C(NC1CC1)c1ccn(COc2ccc(Cl)cc2)n1. The van der Waals surface area contributed by atoms with Gasteiger partial charge in [-0.05, 0) is 43.2 Å². The van der Waals surface area contributed by atoms with Crippen molar-refractivity contribution in [1.29, 1.82) is 0 Å². The Morgan fingerprint density at radius 2 is 2.10 bits per heavy atom. The molecule has 20 heavy (non-hydrogen) atoms. The van der Waals surface area contributed by atoms with Gasteiger partial charge in [-0.15, -0.1) is 0 Å². The number of carbonyl (C=O) groups excluding carboxylic acids is 1. The van der Waals surface area contributed by atoms with E-state index < -0.39 is 0 Å². The fourth-order valence-electron chi connectivity index (χ4n) is 1.71. The lowest BCUT2D eigenvalue weighted by Gasteiger charge is -2.06. The van der Waals surface area contributed by atoms with Gasteiger partial charge in [-0.3, -0.25) is 4.79 Å². The minimum atomic E-state index is -0.127. The summed E-state index contributed by atoms with van der Waals surface area (Å²) in [4.78, 5) is 11.8. The standard InChI is InChI=1S/C14H14ClN3O2/c15-10-1-5-12(6-2-10)20-9-18-8-7-13(17-18)14(19)16-11-3-4-11/h1-2,5-8,11H,3-4,9H2,(H,16,19). The third-order valence-corrected chi connectivity index (χ3v) is 3.21. The van der Waals surface area contributed by atoms with E-state index in [1.165, 1.54) is 0 Å². The van der Waals surface area contributed by atoms with Gasteiger partial charge in [0.25, 0.3) is 5.91 Å². The van der Waals surface area contributed by atoms with E-state index in [1.54, 1.807) is 41.2 Å². The Bertz CT molecular complexity index is 605. The average Bonchev–Trinajstić information content (AvgIpc) is 3.13. The van der Waals surface area contributed by atoms with E-state index >= 15 is 0 Å². The van der Waals surface area contributed by atoms with Crippen molar-refractivity contribution < 1.29 is 9.53 Å². The highest BCUT2D eigenvalue weighted by atomic mass is 35.5. The van der Waals surface area contributed by atoms with Gasteiger partial charge in [-0.25, -0.2) is 4.68 Å². The number of amides is 1. The molecule has 0 bridgehead atoms. The lowest BCUT2D eigenvalue weighted by atomic mass is 10.3. The molecule has 0 atom stereocenters. The van der Waals surface area contributed by atoms with E-state index in [0.29, 0.717) is 22.5 Å². The summed E-state index contributed by atoms with van der Waals surface area (Å²) in [6, 6.07) is 9.10. The maximum atomic E-state index is 11.8. The van der Waals surface area contributed by atoms with Crippen LogP contribution in [0.5, 0.6) is 5.75 Å². The van der Waals surface area contributed by atoms with Gasteiger partial charge >= 0.3 is 0 Å². The molecule has 1 aliphatic rings. The molecule has 2 aromatic rings. The average molecular weight is 292 g/mol. The van der Waals surface area contributed by atoms with Crippen molar-refractivity contribution in [2.24, 2.45) is 0 Å². The first-order valence-corrected chi connectivity index (χ1v) is 6.81. The topological polar surface area (TPSA) is 56.2 Å². The van der Waals surface area contributed by atoms with Crippen molar-refractivity contribution in [2.75, 3.05) is 0 Å². The third-order valence-electron chi connectivity index (χ3n) is 2.96. The Morgan fingerprint density at radius 3 is 2.80 bits per heavy atom. The van der Waals surface area contributed by atoms with Crippen LogP contribution in [0.4, 0.5) is 0 Å². The van der Waals surface area contributed by atoms with Gasteiger partial charge in [0.1, 0.15) is 11.4 Å². The fraction of sp³-hybridized carbons (Fsp3) is 0.286. The number of hydrogen-bond donors (Lipinski definition) is 1. The molecule has 1 aromatic carbocycles. The first-order valence-electron chi connectivity index (χ1n) is 6.43. The zero-order valence-corrected chi connectivity index (χ0v) is 11.5. The summed E-state index contributed by atoms with van der Waals surface area (Å²) in [7, 11) is 0. The molecule has 5 nitrogen and oxygen atoms in total. The van der Waals surface area contributed by atoms with Gasteiger partial charge in [-0.2, -0.15) is 5.10 Å². The molecule has 1 aromatic heterocycles. The van der Waals surface area contributed by atoms with E-state index in [1.807, 2.05) is 0 Å².